The smallest absolute Gasteiger partial charge is 0.317 e. The molecular weight excluding hydrogens is 326 g/mol. The van der Waals surface area contributed by atoms with Crippen molar-refractivity contribution in [1.82, 2.24) is 10.2 Å². The van der Waals surface area contributed by atoms with Gasteiger partial charge in [-0.1, -0.05) is 42.5 Å². The van der Waals surface area contributed by atoms with E-state index in [1.165, 1.54) is 0 Å². The van der Waals surface area contributed by atoms with E-state index in [1.54, 1.807) is 11.9 Å². The Bertz CT molecular complexity index is 772. The molecule has 1 saturated carbocycles. The van der Waals surface area contributed by atoms with Crippen molar-refractivity contribution in [3.8, 4) is 0 Å². The molecule has 1 aliphatic rings. The van der Waals surface area contributed by atoms with E-state index in [9.17, 15) is 9.59 Å². The fourth-order valence-electron chi connectivity index (χ4n) is 2.78. The van der Waals surface area contributed by atoms with Gasteiger partial charge in [0.25, 0.3) is 0 Å². The van der Waals surface area contributed by atoms with E-state index in [1.807, 2.05) is 61.5 Å². The lowest BCUT2D eigenvalue weighted by Crippen LogP contribution is -2.38. The lowest BCUT2D eigenvalue weighted by atomic mass is 10.1. The largest absolute Gasteiger partial charge is 0.334 e. The highest BCUT2D eigenvalue weighted by Gasteiger charge is 2.29. The molecule has 5 heteroatoms. The van der Waals surface area contributed by atoms with Gasteiger partial charge in [0, 0.05) is 25.2 Å². The van der Waals surface area contributed by atoms with Crippen LogP contribution in [0.15, 0.2) is 54.6 Å². The summed E-state index contributed by atoms with van der Waals surface area (Å²) in [7, 11) is 1.79. The maximum absolute atomic E-state index is 12.4. The normalized spacial score (nSPS) is 14.4. The van der Waals surface area contributed by atoms with Crippen LogP contribution in [0.5, 0.6) is 0 Å². The molecule has 136 valence electrons. The summed E-state index contributed by atoms with van der Waals surface area (Å²) < 4.78 is 0. The number of nitrogens with zero attached hydrogens (tertiary/aromatic N) is 1. The van der Waals surface area contributed by atoms with Crippen molar-refractivity contribution >= 4 is 17.6 Å². The van der Waals surface area contributed by atoms with Crippen LogP contribution < -0.4 is 10.6 Å². The van der Waals surface area contributed by atoms with E-state index in [4.69, 9.17) is 0 Å². The highest BCUT2D eigenvalue weighted by atomic mass is 16.2. The minimum atomic E-state index is -0.131. The lowest BCUT2D eigenvalue weighted by molar-refractivity contribution is -0.117. The van der Waals surface area contributed by atoms with E-state index < -0.39 is 0 Å². The molecule has 3 rings (SSSR count). The number of anilines is 1. The third kappa shape index (κ3) is 4.63. The van der Waals surface area contributed by atoms with Crippen LogP contribution in [-0.4, -0.2) is 23.9 Å². The van der Waals surface area contributed by atoms with Crippen LogP contribution in [0.4, 0.5) is 10.5 Å². The molecule has 0 heterocycles. The number of hydrogen-bond acceptors (Lipinski definition) is 2. The molecule has 1 atom stereocenters. The summed E-state index contributed by atoms with van der Waals surface area (Å²) in [5.41, 5.74) is 2.82. The summed E-state index contributed by atoms with van der Waals surface area (Å²) in [6.07, 6.45) is 1.96. The zero-order chi connectivity index (χ0) is 18.5. The molecule has 0 aliphatic heterocycles. The first kappa shape index (κ1) is 18.0. The SMILES string of the molecule is CC(c1ccccc1)N(C)C(=O)NCc1cccc(NC(=O)C2CC2)c1. The van der Waals surface area contributed by atoms with Crippen molar-refractivity contribution in [3.63, 3.8) is 0 Å². The molecule has 0 spiro atoms. The van der Waals surface area contributed by atoms with Gasteiger partial charge in [-0.15, -0.1) is 0 Å². The summed E-state index contributed by atoms with van der Waals surface area (Å²) in [6.45, 7) is 2.42. The van der Waals surface area contributed by atoms with E-state index in [2.05, 4.69) is 10.6 Å². The van der Waals surface area contributed by atoms with Crippen LogP contribution in [0, 0.1) is 5.92 Å². The number of hydrogen-bond donors (Lipinski definition) is 2. The molecule has 3 amide bonds. The Morgan fingerprint density at radius 3 is 2.54 bits per heavy atom. The number of rotatable bonds is 6. The lowest BCUT2D eigenvalue weighted by Gasteiger charge is -2.25. The summed E-state index contributed by atoms with van der Waals surface area (Å²) in [6, 6.07) is 17.4. The van der Waals surface area contributed by atoms with Crippen molar-refractivity contribution in [1.29, 1.82) is 0 Å². The first-order chi connectivity index (χ1) is 12.5. The third-order valence-corrected chi connectivity index (χ3v) is 4.77. The third-order valence-electron chi connectivity index (χ3n) is 4.77. The summed E-state index contributed by atoms with van der Waals surface area (Å²) in [4.78, 5) is 26.0. The molecule has 5 nitrogen and oxygen atoms in total. The second-order valence-corrected chi connectivity index (χ2v) is 6.82. The van der Waals surface area contributed by atoms with E-state index in [-0.39, 0.29) is 23.9 Å². The highest BCUT2D eigenvalue weighted by Crippen LogP contribution is 2.30. The Hall–Kier alpha value is -2.82. The van der Waals surface area contributed by atoms with Crippen LogP contribution in [0.25, 0.3) is 0 Å². The summed E-state index contributed by atoms with van der Waals surface area (Å²) >= 11 is 0. The molecule has 0 saturated heterocycles. The predicted molar refractivity (Wildman–Crippen MR) is 103 cm³/mol. The van der Waals surface area contributed by atoms with Gasteiger partial charge in [0.1, 0.15) is 0 Å². The number of urea groups is 1. The Kier molecular flexibility index (Phi) is 5.56. The molecule has 0 bridgehead atoms. The second-order valence-electron chi connectivity index (χ2n) is 6.82. The molecule has 1 aliphatic carbocycles. The Balaban J connectivity index is 1.54. The summed E-state index contributed by atoms with van der Waals surface area (Å²) in [5.74, 6) is 0.258. The second kappa shape index (κ2) is 8.04. The molecule has 2 N–H and O–H groups in total. The van der Waals surface area contributed by atoms with Gasteiger partial charge >= 0.3 is 6.03 Å². The van der Waals surface area contributed by atoms with Crippen LogP contribution >= 0.6 is 0 Å². The van der Waals surface area contributed by atoms with Gasteiger partial charge in [0.05, 0.1) is 6.04 Å². The minimum absolute atomic E-state index is 0.0136. The standard InChI is InChI=1S/C21H25N3O2/c1-15(17-8-4-3-5-9-17)24(2)21(26)22-14-16-7-6-10-19(13-16)23-20(25)18-11-12-18/h3-10,13,15,18H,11-12,14H2,1-2H3,(H,22,26)(H,23,25). The number of amides is 3. The van der Waals surface area contributed by atoms with Crippen molar-refractivity contribution in [2.24, 2.45) is 5.92 Å². The Labute approximate surface area is 154 Å². The zero-order valence-corrected chi connectivity index (χ0v) is 15.2. The average Bonchev–Trinajstić information content (AvgIpc) is 3.51. The van der Waals surface area contributed by atoms with Crippen molar-refractivity contribution in [2.75, 3.05) is 12.4 Å². The molecule has 1 unspecified atom stereocenters. The number of benzene rings is 2. The van der Waals surface area contributed by atoms with Gasteiger partial charge < -0.3 is 15.5 Å². The van der Waals surface area contributed by atoms with Crippen molar-refractivity contribution in [2.45, 2.75) is 32.4 Å². The average molecular weight is 351 g/mol. The fraction of sp³-hybridized carbons (Fsp3) is 0.333. The highest BCUT2D eigenvalue weighted by molar-refractivity contribution is 5.94. The predicted octanol–water partition coefficient (Wildman–Crippen LogP) is 3.94. The first-order valence-corrected chi connectivity index (χ1v) is 9.00. The van der Waals surface area contributed by atoms with Crippen molar-refractivity contribution < 1.29 is 9.59 Å². The number of carbonyl (C=O) groups excluding carboxylic acids is 2. The number of nitrogens with one attached hydrogen (secondary N) is 2. The van der Waals surface area contributed by atoms with Gasteiger partial charge in [0.15, 0.2) is 0 Å². The first-order valence-electron chi connectivity index (χ1n) is 9.00. The molecule has 26 heavy (non-hydrogen) atoms. The van der Waals surface area contributed by atoms with Crippen LogP contribution in [0.2, 0.25) is 0 Å². The molecular formula is C21H25N3O2. The van der Waals surface area contributed by atoms with Crippen LogP contribution in [-0.2, 0) is 11.3 Å². The molecule has 2 aromatic carbocycles. The topological polar surface area (TPSA) is 61.4 Å². The molecule has 2 aromatic rings. The van der Waals surface area contributed by atoms with Crippen LogP contribution in [0.1, 0.15) is 36.9 Å². The maximum atomic E-state index is 12.4. The van der Waals surface area contributed by atoms with E-state index in [0.717, 1.165) is 29.7 Å². The van der Waals surface area contributed by atoms with Gasteiger partial charge in [-0.05, 0) is 43.0 Å². The fourth-order valence-corrected chi connectivity index (χ4v) is 2.78. The van der Waals surface area contributed by atoms with Gasteiger partial charge in [0.2, 0.25) is 5.91 Å². The number of carbonyl (C=O) groups is 2. The zero-order valence-electron chi connectivity index (χ0n) is 15.2. The minimum Gasteiger partial charge on any atom is -0.334 e. The molecule has 0 radical (unpaired) electrons. The van der Waals surface area contributed by atoms with Gasteiger partial charge in [-0.3, -0.25) is 4.79 Å². The maximum Gasteiger partial charge on any atom is 0.317 e. The van der Waals surface area contributed by atoms with Gasteiger partial charge in [-0.25, -0.2) is 4.79 Å². The van der Waals surface area contributed by atoms with Gasteiger partial charge in [-0.2, -0.15) is 0 Å². The van der Waals surface area contributed by atoms with Crippen LogP contribution in [0.3, 0.4) is 0 Å². The monoisotopic (exact) mass is 351 g/mol. The molecule has 1 fully saturated rings. The Morgan fingerprint density at radius 2 is 1.85 bits per heavy atom. The quantitative estimate of drug-likeness (QED) is 0.828. The summed E-state index contributed by atoms with van der Waals surface area (Å²) in [5, 5.41) is 5.87. The van der Waals surface area contributed by atoms with Crippen molar-refractivity contribution in [3.05, 3.63) is 65.7 Å². The van der Waals surface area contributed by atoms with E-state index in [0.29, 0.717) is 6.54 Å². The molecule has 0 aromatic heterocycles. The van der Waals surface area contributed by atoms with E-state index >= 15 is 0 Å². The Morgan fingerprint density at radius 1 is 1.12 bits per heavy atom.